The number of fused-ring (bicyclic) bond motifs is 1. The Morgan fingerprint density at radius 3 is 2.83 bits per heavy atom. The van der Waals surface area contributed by atoms with Gasteiger partial charge in [0.25, 0.3) is 5.78 Å². The van der Waals surface area contributed by atoms with Crippen LogP contribution < -0.4 is 0 Å². The van der Waals surface area contributed by atoms with E-state index in [0.717, 1.165) is 34.3 Å². The van der Waals surface area contributed by atoms with Crippen LogP contribution >= 0.6 is 11.8 Å². The Labute approximate surface area is 140 Å². The number of hydrogen-bond donors (Lipinski definition) is 0. The predicted octanol–water partition coefficient (Wildman–Crippen LogP) is 2.26. The number of benzene rings is 1. The molecule has 0 atom stereocenters. The molecular weight excluding hydrogens is 324 g/mol. The third kappa shape index (κ3) is 2.33. The van der Waals surface area contributed by atoms with E-state index in [-0.39, 0.29) is 0 Å². The van der Waals surface area contributed by atoms with Crippen LogP contribution in [0.5, 0.6) is 0 Å². The van der Waals surface area contributed by atoms with E-state index in [4.69, 9.17) is 0 Å². The van der Waals surface area contributed by atoms with E-state index < -0.39 is 0 Å². The summed E-state index contributed by atoms with van der Waals surface area (Å²) in [5, 5.41) is 18.0. The molecule has 1 aliphatic rings. The molecule has 9 heteroatoms. The average Bonchev–Trinajstić information content (AvgIpc) is 3.16. The summed E-state index contributed by atoms with van der Waals surface area (Å²) in [7, 11) is 0. The van der Waals surface area contributed by atoms with Gasteiger partial charge in [0.2, 0.25) is 5.16 Å². The van der Waals surface area contributed by atoms with E-state index >= 15 is 0 Å². The maximum Gasteiger partial charge on any atom is 0.253 e. The van der Waals surface area contributed by atoms with Crippen molar-refractivity contribution in [2.45, 2.75) is 29.1 Å². The molecule has 3 aromatic heterocycles. The van der Waals surface area contributed by atoms with Gasteiger partial charge in [0.15, 0.2) is 0 Å². The molecule has 0 saturated heterocycles. The number of tetrazole rings is 1. The van der Waals surface area contributed by atoms with Crippen molar-refractivity contribution in [3.63, 3.8) is 0 Å². The first-order chi connectivity index (χ1) is 11.9. The highest BCUT2D eigenvalue weighted by molar-refractivity contribution is 7.99. The van der Waals surface area contributed by atoms with E-state index in [1.165, 1.54) is 18.1 Å². The number of rotatable bonds is 4. The number of hydrogen-bond acceptors (Lipinski definition) is 7. The van der Waals surface area contributed by atoms with Crippen molar-refractivity contribution < 1.29 is 0 Å². The van der Waals surface area contributed by atoms with Crippen molar-refractivity contribution in [3.8, 4) is 11.3 Å². The Hall–Kier alpha value is -2.81. The first kappa shape index (κ1) is 13.6. The normalized spacial score (nSPS) is 14.3. The maximum atomic E-state index is 4.58. The predicted molar refractivity (Wildman–Crippen MR) is 86.4 cm³/mol. The van der Waals surface area contributed by atoms with Crippen LogP contribution in [0.3, 0.4) is 0 Å². The SMILES string of the molecule is c1ccc(-c2cc(Sc3nnnn3C3CC3)n3ncnc3n2)cc1. The Bertz CT molecular complexity index is 1000. The summed E-state index contributed by atoms with van der Waals surface area (Å²) in [4.78, 5) is 8.82. The summed E-state index contributed by atoms with van der Waals surface area (Å²) in [5.41, 5.74) is 1.88. The van der Waals surface area contributed by atoms with Crippen LogP contribution in [-0.2, 0) is 0 Å². The van der Waals surface area contributed by atoms with Crippen molar-refractivity contribution in [3.05, 3.63) is 42.7 Å². The van der Waals surface area contributed by atoms with Crippen LogP contribution in [0.25, 0.3) is 17.0 Å². The molecular formula is C15H12N8S. The largest absolute Gasteiger partial charge is 0.253 e. The van der Waals surface area contributed by atoms with Crippen LogP contribution in [0.2, 0.25) is 0 Å². The lowest BCUT2D eigenvalue weighted by Crippen LogP contribution is -2.01. The highest BCUT2D eigenvalue weighted by Crippen LogP contribution is 2.38. The second kappa shape index (κ2) is 5.38. The van der Waals surface area contributed by atoms with Gasteiger partial charge in [-0.2, -0.15) is 14.6 Å². The molecule has 24 heavy (non-hydrogen) atoms. The van der Waals surface area contributed by atoms with Gasteiger partial charge in [-0.25, -0.2) is 9.67 Å². The van der Waals surface area contributed by atoms with Gasteiger partial charge in [0, 0.05) is 5.56 Å². The highest BCUT2D eigenvalue weighted by atomic mass is 32.2. The zero-order chi connectivity index (χ0) is 15.9. The van der Waals surface area contributed by atoms with Crippen molar-refractivity contribution in [2.24, 2.45) is 0 Å². The third-order valence-electron chi connectivity index (χ3n) is 3.84. The van der Waals surface area contributed by atoms with Crippen LogP contribution in [0.4, 0.5) is 0 Å². The molecule has 0 bridgehead atoms. The van der Waals surface area contributed by atoms with Gasteiger partial charge in [-0.05, 0) is 41.1 Å². The van der Waals surface area contributed by atoms with Crippen molar-refractivity contribution in [2.75, 3.05) is 0 Å². The quantitative estimate of drug-likeness (QED) is 0.528. The molecule has 1 aliphatic carbocycles. The Kier molecular flexibility index (Phi) is 3.05. The number of nitrogens with zero attached hydrogens (tertiary/aromatic N) is 8. The molecule has 3 heterocycles. The van der Waals surface area contributed by atoms with Crippen molar-refractivity contribution >= 4 is 17.5 Å². The summed E-state index contributed by atoms with van der Waals surface area (Å²) < 4.78 is 3.60. The maximum absolute atomic E-state index is 4.58. The molecule has 1 fully saturated rings. The first-order valence-electron chi connectivity index (χ1n) is 7.60. The molecule has 0 radical (unpaired) electrons. The highest BCUT2D eigenvalue weighted by Gasteiger charge is 2.28. The zero-order valence-corrected chi connectivity index (χ0v) is 13.3. The standard InChI is InChI=1S/C15H12N8S/c1-2-4-10(5-3-1)12-8-13(23-14(18-12)16-9-17-23)24-15-19-20-21-22(15)11-6-7-11/h1-5,8-9,11H,6-7H2. The fourth-order valence-corrected chi connectivity index (χ4v) is 3.44. The summed E-state index contributed by atoms with van der Waals surface area (Å²) in [6.45, 7) is 0. The minimum atomic E-state index is 0.421. The molecule has 8 nitrogen and oxygen atoms in total. The van der Waals surface area contributed by atoms with Gasteiger partial charge in [-0.1, -0.05) is 30.3 Å². The lowest BCUT2D eigenvalue weighted by molar-refractivity contribution is 0.565. The summed E-state index contributed by atoms with van der Waals surface area (Å²) in [6.07, 6.45) is 3.76. The molecule has 0 N–H and O–H groups in total. The van der Waals surface area contributed by atoms with E-state index in [2.05, 4.69) is 30.6 Å². The molecule has 1 aromatic carbocycles. The average molecular weight is 336 g/mol. The molecule has 0 unspecified atom stereocenters. The topological polar surface area (TPSA) is 86.7 Å². The van der Waals surface area contributed by atoms with Crippen molar-refractivity contribution in [1.82, 2.24) is 39.8 Å². The first-order valence-corrected chi connectivity index (χ1v) is 8.42. The van der Waals surface area contributed by atoms with Crippen LogP contribution in [-0.4, -0.2) is 39.8 Å². The van der Waals surface area contributed by atoms with E-state index in [1.807, 2.05) is 41.1 Å². The van der Waals surface area contributed by atoms with Crippen LogP contribution in [0.15, 0.2) is 52.9 Å². The summed E-state index contributed by atoms with van der Waals surface area (Å²) in [5.74, 6) is 0.560. The van der Waals surface area contributed by atoms with Gasteiger partial charge < -0.3 is 0 Å². The van der Waals surface area contributed by atoms with Crippen LogP contribution in [0.1, 0.15) is 18.9 Å². The fraction of sp³-hybridized carbons (Fsp3) is 0.200. The van der Waals surface area contributed by atoms with Gasteiger partial charge >= 0.3 is 0 Å². The lowest BCUT2D eigenvalue weighted by atomic mass is 10.1. The smallest absolute Gasteiger partial charge is 0.217 e. The second-order valence-electron chi connectivity index (χ2n) is 5.56. The van der Waals surface area contributed by atoms with Gasteiger partial charge in [-0.3, -0.25) is 0 Å². The molecule has 0 spiro atoms. The molecule has 1 saturated carbocycles. The Balaban J connectivity index is 1.61. The van der Waals surface area contributed by atoms with Crippen molar-refractivity contribution in [1.29, 1.82) is 0 Å². The molecule has 118 valence electrons. The lowest BCUT2D eigenvalue weighted by Gasteiger charge is -2.07. The van der Waals surface area contributed by atoms with E-state index in [1.54, 1.807) is 4.52 Å². The fourth-order valence-electron chi connectivity index (χ4n) is 2.51. The summed E-state index contributed by atoms with van der Waals surface area (Å²) >= 11 is 1.48. The molecule has 5 rings (SSSR count). The molecule has 0 aliphatic heterocycles. The van der Waals surface area contributed by atoms with E-state index in [0.29, 0.717) is 11.8 Å². The Morgan fingerprint density at radius 1 is 1.12 bits per heavy atom. The van der Waals surface area contributed by atoms with Gasteiger partial charge in [0.1, 0.15) is 11.4 Å². The summed E-state index contributed by atoms with van der Waals surface area (Å²) in [6, 6.07) is 12.4. The molecule has 0 amide bonds. The van der Waals surface area contributed by atoms with Crippen LogP contribution in [0, 0.1) is 0 Å². The molecule has 4 aromatic rings. The number of aromatic nitrogens is 8. The minimum Gasteiger partial charge on any atom is -0.217 e. The van der Waals surface area contributed by atoms with Gasteiger partial charge in [0.05, 0.1) is 11.7 Å². The minimum absolute atomic E-state index is 0.421. The van der Waals surface area contributed by atoms with Gasteiger partial charge in [-0.15, -0.1) is 5.10 Å². The monoisotopic (exact) mass is 336 g/mol. The van der Waals surface area contributed by atoms with E-state index in [9.17, 15) is 0 Å². The third-order valence-corrected chi connectivity index (χ3v) is 4.79. The second-order valence-corrected chi connectivity index (χ2v) is 6.54. The zero-order valence-electron chi connectivity index (χ0n) is 12.5. The Morgan fingerprint density at radius 2 is 2.00 bits per heavy atom.